The van der Waals surface area contributed by atoms with Crippen LogP contribution in [-0.2, 0) is 16.6 Å². The van der Waals surface area contributed by atoms with Gasteiger partial charge in [-0.15, -0.1) is 0 Å². The van der Waals surface area contributed by atoms with Crippen LogP contribution in [0.3, 0.4) is 0 Å². The SMILES string of the molecule is O=S(=O)(NCc1ccc(-c2ccco2)o1)c1ccccc1. The van der Waals surface area contributed by atoms with Crippen molar-refractivity contribution in [1.29, 1.82) is 0 Å². The van der Waals surface area contributed by atoms with E-state index in [4.69, 9.17) is 8.83 Å². The Hall–Kier alpha value is -2.31. The van der Waals surface area contributed by atoms with Crippen molar-refractivity contribution in [3.8, 4) is 11.5 Å². The lowest BCUT2D eigenvalue weighted by atomic mass is 10.3. The Labute approximate surface area is 122 Å². The molecule has 1 aromatic carbocycles. The summed E-state index contributed by atoms with van der Waals surface area (Å²) in [5.74, 6) is 1.68. The van der Waals surface area contributed by atoms with Crippen molar-refractivity contribution in [1.82, 2.24) is 4.72 Å². The average Bonchev–Trinajstić information content (AvgIpc) is 3.17. The monoisotopic (exact) mass is 303 g/mol. The first-order valence-corrected chi connectivity index (χ1v) is 7.81. The molecule has 0 bridgehead atoms. The third-order valence-corrected chi connectivity index (χ3v) is 4.33. The van der Waals surface area contributed by atoms with E-state index < -0.39 is 10.0 Å². The van der Waals surface area contributed by atoms with E-state index in [0.29, 0.717) is 17.3 Å². The molecule has 3 aromatic rings. The lowest BCUT2D eigenvalue weighted by Crippen LogP contribution is -2.22. The van der Waals surface area contributed by atoms with E-state index in [2.05, 4.69) is 4.72 Å². The lowest BCUT2D eigenvalue weighted by molar-refractivity contribution is 0.485. The number of hydrogen-bond donors (Lipinski definition) is 1. The second-order valence-corrected chi connectivity index (χ2v) is 6.15. The minimum Gasteiger partial charge on any atom is -0.461 e. The van der Waals surface area contributed by atoms with Gasteiger partial charge in [0.25, 0.3) is 0 Å². The van der Waals surface area contributed by atoms with Gasteiger partial charge in [0.2, 0.25) is 10.0 Å². The summed E-state index contributed by atoms with van der Waals surface area (Å²) in [6.07, 6.45) is 1.55. The Kier molecular flexibility index (Phi) is 3.64. The van der Waals surface area contributed by atoms with Gasteiger partial charge in [-0.1, -0.05) is 18.2 Å². The Morgan fingerprint density at radius 2 is 1.71 bits per heavy atom. The highest BCUT2D eigenvalue weighted by Crippen LogP contribution is 2.22. The predicted octanol–water partition coefficient (Wildman–Crippen LogP) is 3.02. The van der Waals surface area contributed by atoms with Gasteiger partial charge < -0.3 is 8.83 Å². The Bertz CT molecular complexity index is 805. The van der Waals surface area contributed by atoms with E-state index in [1.54, 1.807) is 60.9 Å². The quantitative estimate of drug-likeness (QED) is 0.786. The van der Waals surface area contributed by atoms with Crippen LogP contribution in [0.1, 0.15) is 5.76 Å². The van der Waals surface area contributed by atoms with Crippen LogP contribution in [0.4, 0.5) is 0 Å². The summed E-state index contributed by atoms with van der Waals surface area (Å²) in [5.41, 5.74) is 0. The Morgan fingerprint density at radius 3 is 2.43 bits per heavy atom. The smallest absolute Gasteiger partial charge is 0.240 e. The van der Waals surface area contributed by atoms with Gasteiger partial charge in [-0.05, 0) is 36.4 Å². The molecule has 5 nitrogen and oxygen atoms in total. The maximum atomic E-state index is 12.1. The first-order valence-electron chi connectivity index (χ1n) is 6.32. The van der Waals surface area contributed by atoms with Gasteiger partial charge in [-0.25, -0.2) is 13.1 Å². The van der Waals surface area contributed by atoms with Crippen LogP contribution in [0, 0.1) is 0 Å². The average molecular weight is 303 g/mol. The highest BCUT2D eigenvalue weighted by atomic mass is 32.2. The van der Waals surface area contributed by atoms with Crippen molar-refractivity contribution in [3.63, 3.8) is 0 Å². The molecule has 2 heterocycles. The molecule has 21 heavy (non-hydrogen) atoms. The largest absolute Gasteiger partial charge is 0.461 e. The van der Waals surface area contributed by atoms with Crippen LogP contribution < -0.4 is 4.72 Å². The van der Waals surface area contributed by atoms with Crippen LogP contribution >= 0.6 is 0 Å². The van der Waals surface area contributed by atoms with Crippen LogP contribution in [0.5, 0.6) is 0 Å². The van der Waals surface area contributed by atoms with Gasteiger partial charge in [0.15, 0.2) is 11.5 Å². The fourth-order valence-corrected chi connectivity index (χ4v) is 2.89. The molecule has 0 spiro atoms. The van der Waals surface area contributed by atoms with E-state index in [9.17, 15) is 8.42 Å². The first-order chi connectivity index (χ1) is 10.1. The summed E-state index contributed by atoms with van der Waals surface area (Å²) in [4.78, 5) is 0.225. The molecule has 6 heteroatoms. The van der Waals surface area contributed by atoms with Gasteiger partial charge in [-0.3, -0.25) is 0 Å². The number of benzene rings is 1. The maximum Gasteiger partial charge on any atom is 0.240 e. The summed E-state index contributed by atoms with van der Waals surface area (Å²) in [7, 11) is -3.54. The molecule has 0 saturated carbocycles. The second-order valence-electron chi connectivity index (χ2n) is 4.38. The van der Waals surface area contributed by atoms with Crippen LogP contribution in [0.2, 0.25) is 0 Å². The molecule has 1 N–H and O–H groups in total. The fraction of sp³-hybridized carbons (Fsp3) is 0.0667. The molecule has 0 aliphatic carbocycles. The molecule has 0 saturated heterocycles. The van der Waals surface area contributed by atoms with Crippen LogP contribution in [-0.4, -0.2) is 8.42 Å². The molecule has 0 aliphatic heterocycles. The van der Waals surface area contributed by atoms with E-state index in [-0.39, 0.29) is 11.4 Å². The Morgan fingerprint density at radius 1 is 0.905 bits per heavy atom. The molecule has 0 radical (unpaired) electrons. The number of nitrogens with one attached hydrogen (secondary N) is 1. The third kappa shape index (κ3) is 3.07. The standard InChI is InChI=1S/C15H13NO4S/c17-21(18,13-5-2-1-3-6-13)16-11-12-8-9-15(20-12)14-7-4-10-19-14/h1-10,16H,11H2. The van der Waals surface area contributed by atoms with E-state index in [1.807, 2.05) is 0 Å². The predicted molar refractivity (Wildman–Crippen MR) is 76.9 cm³/mol. The molecule has 0 amide bonds. The zero-order chi connectivity index (χ0) is 14.7. The highest BCUT2D eigenvalue weighted by Gasteiger charge is 2.14. The normalized spacial score (nSPS) is 11.6. The zero-order valence-corrected chi connectivity index (χ0v) is 11.8. The van der Waals surface area contributed by atoms with E-state index in [1.165, 1.54) is 0 Å². The van der Waals surface area contributed by atoms with Crippen molar-refractivity contribution in [2.24, 2.45) is 0 Å². The van der Waals surface area contributed by atoms with Gasteiger partial charge in [0.1, 0.15) is 5.76 Å². The maximum absolute atomic E-state index is 12.1. The third-order valence-electron chi connectivity index (χ3n) is 2.92. The van der Waals surface area contributed by atoms with Crippen molar-refractivity contribution in [3.05, 3.63) is 66.6 Å². The van der Waals surface area contributed by atoms with Gasteiger partial charge in [0.05, 0.1) is 17.7 Å². The Balaban J connectivity index is 1.71. The van der Waals surface area contributed by atoms with Crippen molar-refractivity contribution < 1.29 is 17.3 Å². The van der Waals surface area contributed by atoms with Gasteiger partial charge in [-0.2, -0.15) is 0 Å². The lowest BCUT2D eigenvalue weighted by Gasteiger charge is -2.04. The molecular formula is C15H13NO4S. The van der Waals surface area contributed by atoms with Crippen molar-refractivity contribution in [2.45, 2.75) is 11.4 Å². The van der Waals surface area contributed by atoms with Gasteiger partial charge in [0, 0.05) is 0 Å². The first kappa shape index (κ1) is 13.7. The summed E-state index contributed by atoms with van der Waals surface area (Å²) in [6.45, 7) is 0.0813. The van der Waals surface area contributed by atoms with Crippen molar-refractivity contribution >= 4 is 10.0 Å². The molecule has 0 atom stereocenters. The minimum absolute atomic E-state index is 0.0813. The summed E-state index contributed by atoms with van der Waals surface area (Å²) < 4.78 is 37.4. The fourth-order valence-electron chi connectivity index (χ4n) is 1.87. The van der Waals surface area contributed by atoms with Crippen LogP contribution in [0.25, 0.3) is 11.5 Å². The van der Waals surface area contributed by atoms with Crippen molar-refractivity contribution in [2.75, 3.05) is 0 Å². The molecule has 2 aromatic heterocycles. The molecule has 3 rings (SSSR count). The summed E-state index contributed by atoms with van der Waals surface area (Å²) in [6, 6.07) is 15.2. The number of furan rings is 2. The molecule has 0 aliphatic rings. The van der Waals surface area contributed by atoms with E-state index >= 15 is 0 Å². The second kappa shape index (κ2) is 5.59. The molecule has 0 unspecified atom stereocenters. The number of sulfonamides is 1. The number of hydrogen-bond acceptors (Lipinski definition) is 4. The molecule has 108 valence electrons. The highest BCUT2D eigenvalue weighted by molar-refractivity contribution is 7.89. The summed E-state index contributed by atoms with van der Waals surface area (Å²) >= 11 is 0. The topological polar surface area (TPSA) is 72.5 Å². The molecule has 0 fully saturated rings. The minimum atomic E-state index is -3.54. The number of rotatable bonds is 5. The van der Waals surface area contributed by atoms with Gasteiger partial charge >= 0.3 is 0 Å². The summed E-state index contributed by atoms with van der Waals surface area (Å²) in [5, 5.41) is 0. The zero-order valence-electron chi connectivity index (χ0n) is 11.0. The molecular weight excluding hydrogens is 290 g/mol. The van der Waals surface area contributed by atoms with Crippen LogP contribution in [0.15, 0.2) is 74.6 Å². The van der Waals surface area contributed by atoms with E-state index in [0.717, 1.165) is 0 Å².